The minimum atomic E-state index is 0.237. The molecule has 4 heteroatoms. The third kappa shape index (κ3) is 4.38. The summed E-state index contributed by atoms with van der Waals surface area (Å²) in [5.41, 5.74) is 3.87. The Kier molecular flexibility index (Phi) is 6.40. The van der Waals surface area contributed by atoms with Crippen LogP contribution in [-0.2, 0) is 0 Å². The van der Waals surface area contributed by atoms with Crippen LogP contribution in [0.25, 0.3) is 0 Å². The van der Waals surface area contributed by atoms with E-state index >= 15 is 0 Å². The van der Waals surface area contributed by atoms with Gasteiger partial charge in [-0.25, -0.2) is 0 Å². The lowest BCUT2D eigenvalue weighted by Crippen LogP contribution is -2.35. The quantitative estimate of drug-likeness (QED) is 0.846. The van der Waals surface area contributed by atoms with Crippen LogP contribution in [0, 0.1) is 13.8 Å². The van der Waals surface area contributed by atoms with Crippen molar-refractivity contribution < 1.29 is 9.84 Å². The molecule has 0 spiro atoms. The predicted octanol–water partition coefficient (Wildman–Crippen LogP) is 3.22. The van der Waals surface area contributed by atoms with Crippen molar-refractivity contribution in [2.75, 3.05) is 25.2 Å². The zero-order valence-electron chi connectivity index (χ0n) is 13.3. The summed E-state index contributed by atoms with van der Waals surface area (Å²) in [6, 6.07) is 5.11. The molecule has 118 valence electrons. The molecular weight excluding hydrogens is 282 g/mol. The SMILES string of the molecule is CSCC(CCO)NC1CCCOc2cc(C)c(C)cc21. The molecule has 1 heterocycles. The van der Waals surface area contributed by atoms with E-state index in [0.29, 0.717) is 12.1 Å². The van der Waals surface area contributed by atoms with E-state index in [1.54, 1.807) is 0 Å². The third-order valence-electron chi connectivity index (χ3n) is 4.18. The summed E-state index contributed by atoms with van der Waals surface area (Å²) in [6.07, 6.45) is 5.07. The Morgan fingerprint density at radius 2 is 2.14 bits per heavy atom. The van der Waals surface area contributed by atoms with E-state index in [9.17, 15) is 5.11 Å². The van der Waals surface area contributed by atoms with Crippen molar-refractivity contribution in [3.8, 4) is 5.75 Å². The maximum absolute atomic E-state index is 9.25. The topological polar surface area (TPSA) is 41.5 Å². The molecule has 1 aliphatic rings. The van der Waals surface area contributed by atoms with E-state index < -0.39 is 0 Å². The molecule has 1 aromatic rings. The number of hydrogen-bond acceptors (Lipinski definition) is 4. The second-order valence-electron chi connectivity index (χ2n) is 5.85. The number of aryl methyl sites for hydroxylation is 2. The number of benzene rings is 1. The average Bonchev–Trinajstić information content (AvgIpc) is 2.63. The van der Waals surface area contributed by atoms with E-state index in [-0.39, 0.29) is 6.61 Å². The molecule has 3 nitrogen and oxygen atoms in total. The third-order valence-corrected chi connectivity index (χ3v) is 4.91. The number of fused-ring (bicyclic) bond motifs is 1. The first-order valence-corrected chi connectivity index (χ1v) is 9.15. The van der Waals surface area contributed by atoms with E-state index in [2.05, 4.69) is 37.6 Å². The minimum Gasteiger partial charge on any atom is -0.493 e. The summed E-state index contributed by atoms with van der Waals surface area (Å²) in [5, 5.41) is 13.0. The van der Waals surface area contributed by atoms with Crippen molar-refractivity contribution in [1.82, 2.24) is 5.32 Å². The van der Waals surface area contributed by atoms with Crippen LogP contribution in [0.5, 0.6) is 5.75 Å². The number of ether oxygens (including phenoxy) is 1. The number of rotatable bonds is 6. The van der Waals surface area contributed by atoms with Gasteiger partial charge >= 0.3 is 0 Å². The van der Waals surface area contributed by atoms with Gasteiger partial charge in [0.1, 0.15) is 5.75 Å². The lowest BCUT2D eigenvalue weighted by Gasteiger charge is -2.25. The molecule has 0 aromatic heterocycles. The monoisotopic (exact) mass is 309 g/mol. The van der Waals surface area contributed by atoms with Crippen LogP contribution in [0.4, 0.5) is 0 Å². The first kappa shape index (κ1) is 16.7. The Morgan fingerprint density at radius 1 is 1.38 bits per heavy atom. The van der Waals surface area contributed by atoms with Crippen LogP contribution in [0.1, 0.15) is 42.0 Å². The van der Waals surface area contributed by atoms with Gasteiger partial charge in [0.25, 0.3) is 0 Å². The van der Waals surface area contributed by atoms with Crippen molar-refractivity contribution in [1.29, 1.82) is 0 Å². The second kappa shape index (κ2) is 8.06. The van der Waals surface area contributed by atoms with Crippen LogP contribution in [0.15, 0.2) is 12.1 Å². The zero-order chi connectivity index (χ0) is 15.2. The van der Waals surface area contributed by atoms with Crippen LogP contribution in [-0.4, -0.2) is 36.4 Å². The maximum Gasteiger partial charge on any atom is 0.124 e. The van der Waals surface area contributed by atoms with Gasteiger partial charge in [-0.15, -0.1) is 0 Å². The van der Waals surface area contributed by atoms with E-state index in [1.807, 2.05) is 11.8 Å². The summed E-state index contributed by atoms with van der Waals surface area (Å²) in [4.78, 5) is 0. The number of aliphatic hydroxyl groups is 1. The number of nitrogens with one attached hydrogen (secondary N) is 1. The van der Waals surface area contributed by atoms with Gasteiger partial charge in [0.05, 0.1) is 6.61 Å². The zero-order valence-corrected chi connectivity index (χ0v) is 14.1. The minimum absolute atomic E-state index is 0.237. The highest BCUT2D eigenvalue weighted by Gasteiger charge is 2.23. The van der Waals surface area contributed by atoms with Crippen molar-refractivity contribution in [2.24, 2.45) is 0 Å². The summed E-state index contributed by atoms with van der Waals surface area (Å²) in [7, 11) is 0. The van der Waals surface area contributed by atoms with Crippen molar-refractivity contribution >= 4 is 11.8 Å². The lowest BCUT2D eigenvalue weighted by molar-refractivity contribution is 0.262. The number of hydrogen-bond donors (Lipinski definition) is 2. The average molecular weight is 309 g/mol. The highest BCUT2D eigenvalue weighted by atomic mass is 32.2. The van der Waals surface area contributed by atoms with E-state index in [4.69, 9.17) is 4.74 Å². The van der Waals surface area contributed by atoms with Gasteiger partial charge in [0.2, 0.25) is 0 Å². The van der Waals surface area contributed by atoms with Gasteiger partial charge in [0.15, 0.2) is 0 Å². The molecular formula is C17H27NO2S. The molecule has 0 saturated carbocycles. The van der Waals surface area contributed by atoms with Gasteiger partial charge in [0, 0.05) is 30.0 Å². The van der Waals surface area contributed by atoms with Gasteiger partial charge < -0.3 is 15.2 Å². The molecule has 2 unspecified atom stereocenters. The summed E-state index contributed by atoms with van der Waals surface area (Å²) < 4.78 is 5.92. The molecule has 0 saturated heterocycles. The van der Waals surface area contributed by atoms with Gasteiger partial charge in [-0.05, 0) is 56.6 Å². The molecule has 0 bridgehead atoms. The summed E-state index contributed by atoms with van der Waals surface area (Å²) in [5.74, 6) is 2.05. The van der Waals surface area contributed by atoms with E-state index in [1.165, 1.54) is 16.7 Å². The first-order valence-electron chi connectivity index (χ1n) is 7.75. The van der Waals surface area contributed by atoms with Gasteiger partial charge in [-0.2, -0.15) is 11.8 Å². The first-order chi connectivity index (χ1) is 10.2. The molecule has 21 heavy (non-hydrogen) atoms. The summed E-state index contributed by atoms with van der Waals surface area (Å²) in [6.45, 7) is 5.32. The van der Waals surface area contributed by atoms with Crippen LogP contribution in [0.2, 0.25) is 0 Å². The van der Waals surface area contributed by atoms with Crippen molar-refractivity contribution in [2.45, 2.75) is 45.2 Å². The molecule has 2 atom stereocenters. The smallest absolute Gasteiger partial charge is 0.124 e. The lowest BCUT2D eigenvalue weighted by atomic mass is 9.96. The van der Waals surface area contributed by atoms with Crippen molar-refractivity contribution in [3.63, 3.8) is 0 Å². The Bertz CT molecular complexity index is 458. The Balaban J connectivity index is 2.22. The number of thioether (sulfide) groups is 1. The Hall–Kier alpha value is -0.710. The molecule has 0 amide bonds. The molecule has 2 N–H and O–H groups in total. The molecule has 1 aliphatic heterocycles. The largest absolute Gasteiger partial charge is 0.493 e. The maximum atomic E-state index is 9.25. The second-order valence-corrected chi connectivity index (χ2v) is 6.76. The molecule has 0 radical (unpaired) electrons. The molecule has 1 aromatic carbocycles. The standard InChI is InChI=1S/C17H27NO2S/c1-12-9-15-16(18-14(6-7-19)11-21-3)5-4-8-20-17(15)10-13(12)2/h9-10,14,16,18-19H,4-8,11H2,1-3H3. The van der Waals surface area contributed by atoms with Crippen LogP contribution < -0.4 is 10.1 Å². The molecule has 2 rings (SSSR count). The fourth-order valence-electron chi connectivity index (χ4n) is 2.86. The Labute approximate surface area is 132 Å². The van der Waals surface area contributed by atoms with Crippen LogP contribution >= 0.6 is 11.8 Å². The molecule has 0 aliphatic carbocycles. The Morgan fingerprint density at radius 3 is 2.86 bits per heavy atom. The molecule has 0 fully saturated rings. The highest BCUT2D eigenvalue weighted by molar-refractivity contribution is 7.98. The summed E-state index contributed by atoms with van der Waals surface area (Å²) >= 11 is 1.83. The normalized spacial score (nSPS) is 19.5. The van der Waals surface area contributed by atoms with Gasteiger partial charge in [-0.3, -0.25) is 0 Å². The fraction of sp³-hybridized carbons (Fsp3) is 0.647. The van der Waals surface area contributed by atoms with Gasteiger partial charge in [-0.1, -0.05) is 6.07 Å². The predicted molar refractivity (Wildman–Crippen MR) is 90.4 cm³/mol. The highest BCUT2D eigenvalue weighted by Crippen LogP contribution is 2.34. The van der Waals surface area contributed by atoms with Crippen molar-refractivity contribution in [3.05, 3.63) is 28.8 Å². The van der Waals surface area contributed by atoms with E-state index in [0.717, 1.165) is 37.4 Å². The van der Waals surface area contributed by atoms with Crippen LogP contribution in [0.3, 0.4) is 0 Å². The number of aliphatic hydroxyl groups excluding tert-OH is 1. The fourth-order valence-corrected chi connectivity index (χ4v) is 3.53.